The second-order valence-corrected chi connectivity index (χ2v) is 2.52. The summed E-state index contributed by atoms with van der Waals surface area (Å²) in [6, 6.07) is 5.50. The smallest absolute Gasteiger partial charge is 0.394 e. The first-order valence-corrected chi connectivity index (χ1v) is 4.48. The fourth-order valence-electron chi connectivity index (χ4n) is 0.704. The van der Waals surface area contributed by atoms with E-state index in [1.807, 2.05) is 12.1 Å². The first kappa shape index (κ1) is 15.4. The predicted molar refractivity (Wildman–Crippen MR) is 58.3 cm³/mol. The molecule has 0 bridgehead atoms. The zero-order valence-electron chi connectivity index (χ0n) is 8.50. The molecular weight excluding hydrogens is 170 g/mol. The molecule has 1 aromatic heterocycles. The van der Waals surface area contributed by atoms with Crippen molar-refractivity contribution in [2.24, 2.45) is 0 Å². The molecule has 1 heterocycles. The van der Waals surface area contributed by atoms with Crippen LogP contribution in [-0.4, -0.2) is 28.0 Å². The molecule has 0 saturated carbocycles. The maximum atomic E-state index is 3.72. The third-order valence-electron chi connectivity index (χ3n) is 1.37. The molecule has 1 nitrogen and oxygen atoms in total. The molecular formula is C11H17MgN. The van der Waals surface area contributed by atoms with Crippen LogP contribution in [0.4, 0.5) is 0 Å². The van der Waals surface area contributed by atoms with Gasteiger partial charge in [0.2, 0.25) is 0 Å². The van der Waals surface area contributed by atoms with Gasteiger partial charge >= 0.3 is 23.1 Å². The van der Waals surface area contributed by atoms with Gasteiger partial charge in [-0.2, -0.15) is 24.6 Å². The van der Waals surface area contributed by atoms with Crippen LogP contribution in [0.5, 0.6) is 0 Å². The minimum Gasteiger partial charge on any atom is -0.394 e. The van der Waals surface area contributed by atoms with E-state index in [1.54, 1.807) is 12.3 Å². The molecule has 0 aromatic carbocycles. The van der Waals surface area contributed by atoms with Gasteiger partial charge in [0.1, 0.15) is 0 Å². The minimum atomic E-state index is 0. The van der Waals surface area contributed by atoms with Gasteiger partial charge in [-0.05, 0) is 0 Å². The maximum absolute atomic E-state index is 3.72. The second-order valence-electron chi connectivity index (χ2n) is 2.52. The molecule has 0 aliphatic heterocycles. The van der Waals surface area contributed by atoms with Crippen molar-refractivity contribution in [2.45, 2.75) is 32.6 Å². The SMILES string of the molecule is [CH2-]CCCCC.[Mg+2].[c-]1ccccn1. The Balaban J connectivity index is 0. The molecule has 0 spiro atoms. The number of hydrogen-bond donors (Lipinski definition) is 0. The largest absolute Gasteiger partial charge is 2.00 e. The van der Waals surface area contributed by atoms with Crippen LogP contribution in [0.3, 0.4) is 0 Å². The number of rotatable bonds is 3. The third-order valence-corrected chi connectivity index (χ3v) is 1.37. The summed E-state index contributed by atoms with van der Waals surface area (Å²) in [4.78, 5) is 3.66. The van der Waals surface area contributed by atoms with Crippen LogP contribution in [0.15, 0.2) is 24.4 Å². The van der Waals surface area contributed by atoms with Crippen molar-refractivity contribution in [3.63, 3.8) is 0 Å². The Kier molecular flexibility index (Phi) is 17.1. The van der Waals surface area contributed by atoms with E-state index in [9.17, 15) is 0 Å². The third kappa shape index (κ3) is 14.7. The zero-order chi connectivity index (χ0) is 9.07. The Labute approximate surface area is 98.1 Å². The topological polar surface area (TPSA) is 12.9 Å². The van der Waals surface area contributed by atoms with Gasteiger partial charge in [-0.1, -0.05) is 38.6 Å². The molecule has 0 radical (unpaired) electrons. The Morgan fingerprint density at radius 2 is 2.08 bits per heavy atom. The normalized spacial score (nSPS) is 7.85. The van der Waals surface area contributed by atoms with E-state index in [0.717, 1.165) is 6.42 Å². The molecule has 68 valence electrons. The van der Waals surface area contributed by atoms with Crippen LogP contribution in [0, 0.1) is 13.1 Å². The first-order valence-electron chi connectivity index (χ1n) is 4.48. The number of aromatic nitrogens is 1. The average molecular weight is 188 g/mol. The fourth-order valence-corrected chi connectivity index (χ4v) is 0.704. The molecule has 0 fully saturated rings. The van der Waals surface area contributed by atoms with Crippen molar-refractivity contribution in [3.05, 3.63) is 37.5 Å². The van der Waals surface area contributed by atoms with Gasteiger partial charge in [0.15, 0.2) is 0 Å². The number of pyridine rings is 1. The molecule has 2 heteroatoms. The summed E-state index contributed by atoms with van der Waals surface area (Å²) in [5.41, 5.74) is 0. The van der Waals surface area contributed by atoms with E-state index in [0.29, 0.717) is 0 Å². The summed E-state index contributed by atoms with van der Waals surface area (Å²) in [5.74, 6) is 0. The van der Waals surface area contributed by atoms with E-state index in [4.69, 9.17) is 0 Å². The van der Waals surface area contributed by atoms with E-state index in [1.165, 1.54) is 19.3 Å². The molecule has 1 aromatic rings. The molecule has 0 aliphatic carbocycles. The Morgan fingerprint density at radius 3 is 2.23 bits per heavy atom. The van der Waals surface area contributed by atoms with Gasteiger partial charge < -0.3 is 11.9 Å². The number of hydrogen-bond acceptors (Lipinski definition) is 1. The minimum absolute atomic E-state index is 0. The summed E-state index contributed by atoms with van der Waals surface area (Å²) in [6.45, 7) is 5.93. The van der Waals surface area contributed by atoms with Gasteiger partial charge in [-0.15, -0.1) is 0 Å². The summed E-state index contributed by atoms with van der Waals surface area (Å²) in [7, 11) is 0. The van der Waals surface area contributed by atoms with Gasteiger partial charge in [0.25, 0.3) is 0 Å². The Hall–Kier alpha value is -0.0838. The standard InChI is InChI=1S/C6H13.C5H4N.Mg/c1-3-5-6-4-2;1-2-4-6-5-3-1;/h1,3-6H2,2H3;1-4H;/q2*-1;+2. The van der Waals surface area contributed by atoms with Crippen molar-refractivity contribution >= 4 is 23.1 Å². The predicted octanol–water partition coefficient (Wildman–Crippen LogP) is 2.90. The van der Waals surface area contributed by atoms with Crippen LogP contribution in [0.1, 0.15) is 32.6 Å². The van der Waals surface area contributed by atoms with Gasteiger partial charge in [0.05, 0.1) is 0 Å². The maximum Gasteiger partial charge on any atom is 2.00 e. The number of unbranched alkanes of at least 4 members (excludes halogenated alkanes) is 3. The summed E-state index contributed by atoms with van der Waals surface area (Å²) < 4.78 is 0. The van der Waals surface area contributed by atoms with Crippen molar-refractivity contribution in [1.29, 1.82) is 0 Å². The van der Waals surface area contributed by atoms with E-state index in [-0.39, 0.29) is 23.1 Å². The van der Waals surface area contributed by atoms with Crippen LogP contribution in [-0.2, 0) is 0 Å². The Morgan fingerprint density at radius 1 is 1.31 bits per heavy atom. The van der Waals surface area contributed by atoms with Crippen LogP contribution < -0.4 is 0 Å². The fraction of sp³-hybridized carbons (Fsp3) is 0.455. The van der Waals surface area contributed by atoms with Crippen molar-refractivity contribution in [3.8, 4) is 0 Å². The summed E-state index contributed by atoms with van der Waals surface area (Å²) >= 11 is 0. The molecule has 13 heavy (non-hydrogen) atoms. The summed E-state index contributed by atoms with van der Waals surface area (Å²) in [5, 5.41) is 0. The van der Waals surface area contributed by atoms with Crippen LogP contribution in [0.2, 0.25) is 0 Å². The molecule has 0 aliphatic rings. The zero-order valence-corrected chi connectivity index (χ0v) is 9.91. The van der Waals surface area contributed by atoms with Gasteiger partial charge in [-0.3, -0.25) is 0 Å². The molecule has 0 saturated heterocycles. The van der Waals surface area contributed by atoms with Crippen molar-refractivity contribution in [2.75, 3.05) is 0 Å². The average Bonchev–Trinajstić information content (AvgIpc) is 2.18. The number of nitrogens with zero attached hydrogens (tertiary/aromatic N) is 1. The van der Waals surface area contributed by atoms with Crippen LogP contribution in [0.25, 0.3) is 0 Å². The van der Waals surface area contributed by atoms with Crippen molar-refractivity contribution in [1.82, 2.24) is 4.98 Å². The molecule has 0 N–H and O–H groups in total. The molecule has 0 atom stereocenters. The molecule has 1 rings (SSSR count). The second kappa shape index (κ2) is 14.4. The molecule has 0 unspecified atom stereocenters. The quantitative estimate of drug-likeness (QED) is 0.403. The summed E-state index contributed by atoms with van der Waals surface area (Å²) in [6.07, 6.45) is 9.41. The van der Waals surface area contributed by atoms with Gasteiger partial charge in [-0.25, -0.2) is 0 Å². The van der Waals surface area contributed by atoms with Crippen LogP contribution >= 0.6 is 0 Å². The van der Waals surface area contributed by atoms with Crippen molar-refractivity contribution < 1.29 is 0 Å². The van der Waals surface area contributed by atoms with E-state index < -0.39 is 0 Å². The molecule has 0 amide bonds. The monoisotopic (exact) mass is 187 g/mol. The van der Waals surface area contributed by atoms with E-state index >= 15 is 0 Å². The van der Waals surface area contributed by atoms with Gasteiger partial charge in [0, 0.05) is 0 Å². The van der Waals surface area contributed by atoms with E-state index in [2.05, 4.69) is 25.0 Å². The Bertz CT molecular complexity index is 123. The first-order chi connectivity index (χ1) is 5.91.